The summed E-state index contributed by atoms with van der Waals surface area (Å²) in [7, 11) is 1.85. The van der Waals surface area contributed by atoms with Crippen molar-refractivity contribution in [2.75, 3.05) is 6.54 Å². The van der Waals surface area contributed by atoms with Gasteiger partial charge in [-0.2, -0.15) is 0 Å². The molecule has 96 valence electrons. The summed E-state index contributed by atoms with van der Waals surface area (Å²) < 4.78 is 1.79. The number of hydrogen-bond donors (Lipinski definition) is 2. The molecule has 6 nitrogen and oxygen atoms in total. The number of nitrogens with zero attached hydrogens (tertiary/aromatic N) is 3. The van der Waals surface area contributed by atoms with Crippen LogP contribution in [-0.2, 0) is 18.4 Å². The third-order valence-corrected chi connectivity index (χ3v) is 2.77. The van der Waals surface area contributed by atoms with E-state index in [1.165, 1.54) is 0 Å². The molecule has 0 saturated heterocycles. The maximum atomic E-state index is 11.6. The van der Waals surface area contributed by atoms with Gasteiger partial charge in [-0.3, -0.25) is 4.79 Å². The Balaban J connectivity index is 2.20. The van der Waals surface area contributed by atoms with Gasteiger partial charge in [-0.25, -0.2) is 0 Å². The van der Waals surface area contributed by atoms with Crippen LogP contribution in [0.3, 0.4) is 0 Å². The van der Waals surface area contributed by atoms with Gasteiger partial charge >= 0.3 is 0 Å². The van der Waals surface area contributed by atoms with E-state index in [0.29, 0.717) is 25.4 Å². The highest BCUT2D eigenvalue weighted by Crippen LogP contribution is 2.08. The fourth-order valence-electron chi connectivity index (χ4n) is 1.54. The van der Waals surface area contributed by atoms with E-state index in [4.69, 9.17) is 5.73 Å². The molecule has 0 fully saturated rings. The Morgan fingerprint density at radius 3 is 2.94 bits per heavy atom. The monoisotopic (exact) mass is 239 g/mol. The molecule has 3 N–H and O–H groups in total. The standard InChI is InChI=1S/C11H21N5O/c1-9(5-6-12)3-4-11(17)13-7-10-15-14-8-16(10)2/h8-9H,3-7,12H2,1-2H3,(H,13,17). The summed E-state index contributed by atoms with van der Waals surface area (Å²) in [6.45, 7) is 3.23. The first-order chi connectivity index (χ1) is 8.13. The summed E-state index contributed by atoms with van der Waals surface area (Å²) >= 11 is 0. The molecule has 0 radical (unpaired) electrons. The van der Waals surface area contributed by atoms with Crippen LogP contribution in [-0.4, -0.2) is 27.2 Å². The number of nitrogens with two attached hydrogens (primary N) is 1. The normalized spacial score (nSPS) is 12.4. The van der Waals surface area contributed by atoms with Gasteiger partial charge < -0.3 is 15.6 Å². The first-order valence-electron chi connectivity index (χ1n) is 5.93. The summed E-state index contributed by atoms with van der Waals surface area (Å²) in [5.41, 5.74) is 5.46. The molecular weight excluding hydrogens is 218 g/mol. The Kier molecular flexibility index (Phi) is 5.62. The van der Waals surface area contributed by atoms with Gasteiger partial charge in [0, 0.05) is 13.5 Å². The zero-order valence-electron chi connectivity index (χ0n) is 10.5. The van der Waals surface area contributed by atoms with Crippen LogP contribution < -0.4 is 11.1 Å². The van der Waals surface area contributed by atoms with Crippen LogP contribution >= 0.6 is 0 Å². The topological polar surface area (TPSA) is 85.8 Å². The van der Waals surface area contributed by atoms with E-state index < -0.39 is 0 Å². The number of nitrogens with one attached hydrogen (secondary N) is 1. The van der Waals surface area contributed by atoms with Gasteiger partial charge in [-0.05, 0) is 25.3 Å². The third-order valence-electron chi connectivity index (χ3n) is 2.77. The van der Waals surface area contributed by atoms with E-state index in [1.54, 1.807) is 10.9 Å². The highest BCUT2D eigenvalue weighted by Gasteiger charge is 2.07. The van der Waals surface area contributed by atoms with Crippen molar-refractivity contribution in [1.82, 2.24) is 20.1 Å². The Bertz CT molecular complexity index is 349. The summed E-state index contributed by atoms with van der Waals surface area (Å²) in [6, 6.07) is 0. The molecular formula is C11H21N5O. The van der Waals surface area contributed by atoms with Crippen LogP contribution in [0.4, 0.5) is 0 Å². The van der Waals surface area contributed by atoms with Crippen molar-refractivity contribution in [3.63, 3.8) is 0 Å². The van der Waals surface area contributed by atoms with Crippen LogP contribution in [0.2, 0.25) is 0 Å². The van der Waals surface area contributed by atoms with E-state index in [2.05, 4.69) is 22.4 Å². The van der Waals surface area contributed by atoms with Crippen LogP contribution in [0.25, 0.3) is 0 Å². The van der Waals surface area contributed by atoms with Crippen LogP contribution in [0.15, 0.2) is 6.33 Å². The summed E-state index contributed by atoms with van der Waals surface area (Å²) in [5.74, 6) is 1.31. The van der Waals surface area contributed by atoms with Crippen molar-refractivity contribution >= 4 is 5.91 Å². The van der Waals surface area contributed by atoms with E-state index >= 15 is 0 Å². The molecule has 0 aliphatic carbocycles. The maximum Gasteiger partial charge on any atom is 0.220 e. The quantitative estimate of drug-likeness (QED) is 0.711. The van der Waals surface area contributed by atoms with Gasteiger partial charge in [0.25, 0.3) is 0 Å². The second-order valence-electron chi connectivity index (χ2n) is 4.36. The lowest BCUT2D eigenvalue weighted by molar-refractivity contribution is -0.121. The molecule has 1 rings (SSSR count). The predicted molar refractivity (Wildman–Crippen MR) is 64.9 cm³/mol. The van der Waals surface area contributed by atoms with Crippen molar-refractivity contribution in [3.8, 4) is 0 Å². The molecule has 1 heterocycles. The number of hydrogen-bond acceptors (Lipinski definition) is 4. The molecule has 0 bridgehead atoms. The van der Waals surface area contributed by atoms with E-state index in [9.17, 15) is 4.79 Å². The lowest BCUT2D eigenvalue weighted by Crippen LogP contribution is -2.24. The first-order valence-corrected chi connectivity index (χ1v) is 5.93. The highest BCUT2D eigenvalue weighted by atomic mass is 16.1. The van der Waals surface area contributed by atoms with Crippen molar-refractivity contribution in [2.24, 2.45) is 18.7 Å². The van der Waals surface area contributed by atoms with E-state index in [0.717, 1.165) is 18.7 Å². The number of rotatable bonds is 7. The zero-order valence-corrected chi connectivity index (χ0v) is 10.5. The van der Waals surface area contributed by atoms with Gasteiger partial charge in [0.1, 0.15) is 6.33 Å². The van der Waals surface area contributed by atoms with Crippen LogP contribution in [0, 0.1) is 5.92 Å². The van der Waals surface area contributed by atoms with Crippen LogP contribution in [0.5, 0.6) is 0 Å². The number of carbonyl (C=O) groups is 1. The molecule has 1 unspecified atom stereocenters. The predicted octanol–water partition coefficient (Wildman–Crippen LogP) is 0.196. The van der Waals surface area contributed by atoms with Gasteiger partial charge in [0.2, 0.25) is 5.91 Å². The van der Waals surface area contributed by atoms with E-state index in [-0.39, 0.29) is 5.91 Å². The Morgan fingerprint density at radius 2 is 2.35 bits per heavy atom. The Morgan fingerprint density at radius 1 is 1.59 bits per heavy atom. The van der Waals surface area contributed by atoms with Crippen molar-refractivity contribution < 1.29 is 4.79 Å². The molecule has 0 saturated carbocycles. The van der Waals surface area contributed by atoms with Gasteiger partial charge in [0.05, 0.1) is 6.54 Å². The lowest BCUT2D eigenvalue weighted by Gasteiger charge is -2.09. The molecule has 0 aliphatic rings. The molecule has 17 heavy (non-hydrogen) atoms. The second kappa shape index (κ2) is 7.01. The van der Waals surface area contributed by atoms with E-state index in [1.807, 2.05) is 7.05 Å². The largest absolute Gasteiger partial charge is 0.349 e. The number of carbonyl (C=O) groups excluding carboxylic acids is 1. The zero-order chi connectivity index (χ0) is 12.7. The number of aryl methyl sites for hydroxylation is 1. The van der Waals surface area contributed by atoms with Crippen molar-refractivity contribution in [1.29, 1.82) is 0 Å². The first kappa shape index (κ1) is 13.6. The molecule has 6 heteroatoms. The molecule has 1 amide bonds. The number of aromatic nitrogens is 3. The molecule has 0 aromatic carbocycles. The maximum absolute atomic E-state index is 11.6. The fourth-order valence-corrected chi connectivity index (χ4v) is 1.54. The summed E-state index contributed by atoms with van der Waals surface area (Å²) in [4.78, 5) is 11.6. The van der Waals surface area contributed by atoms with Crippen molar-refractivity contribution in [2.45, 2.75) is 32.7 Å². The molecule has 0 spiro atoms. The SMILES string of the molecule is CC(CCN)CCC(=O)NCc1nncn1C. The third kappa shape index (κ3) is 4.95. The Labute approximate surface area is 102 Å². The lowest BCUT2D eigenvalue weighted by atomic mass is 10.0. The second-order valence-corrected chi connectivity index (χ2v) is 4.36. The highest BCUT2D eigenvalue weighted by molar-refractivity contribution is 5.75. The number of amides is 1. The summed E-state index contributed by atoms with van der Waals surface area (Å²) in [5, 5.41) is 10.5. The molecule has 1 aromatic heterocycles. The smallest absolute Gasteiger partial charge is 0.220 e. The minimum atomic E-state index is 0.0527. The average molecular weight is 239 g/mol. The molecule has 0 aliphatic heterocycles. The summed E-state index contributed by atoms with van der Waals surface area (Å²) in [6.07, 6.45) is 4.00. The fraction of sp³-hybridized carbons (Fsp3) is 0.727. The van der Waals surface area contributed by atoms with Crippen LogP contribution in [0.1, 0.15) is 32.0 Å². The van der Waals surface area contributed by atoms with Gasteiger partial charge in [0.15, 0.2) is 5.82 Å². The minimum Gasteiger partial charge on any atom is -0.349 e. The van der Waals surface area contributed by atoms with Gasteiger partial charge in [-0.15, -0.1) is 10.2 Å². The van der Waals surface area contributed by atoms with Gasteiger partial charge in [-0.1, -0.05) is 6.92 Å². The average Bonchev–Trinajstić information content (AvgIpc) is 2.70. The Hall–Kier alpha value is -1.43. The molecule has 1 atom stereocenters. The minimum absolute atomic E-state index is 0.0527. The van der Waals surface area contributed by atoms with Crippen molar-refractivity contribution in [3.05, 3.63) is 12.2 Å². The molecule has 1 aromatic rings.